The summed E-state index contributed by atoms with van der Waals surface area (Å²) in [6.07, 6.45) is 9.69. The number of rotatable bonds is 16. The smallest absolute Gasteiger partial charge is 0.293 e. The highest BCUT2D eigenvalue weighted by atomic mass is 16.7. The fourth-order valence-electron chi connectivity index (χ4n) is 11.3. The maximum Gasteiger partial charge on any atom is 0.293 e. The summed E-state index contributed by atoms with van der Waals surface area (Å²) in [7, 11) is 3.25. The molecule has 14 heteroatoms. The van der Waals surface area contributed by atoms with Crippen LogP contribution in [0.1, 0.15) is 122 Å². The predicted octanol–water partition coefficient (Wildman–Crippen LogP) is 7.53. The molecule has 14 nitrogen and oxygen atoms in total. The molecule has 20 atom stereocenters. The molecule has 0 bridgehead atoms. The first-order valence-corrected chi connectivity index (χ1v) is 24.6. The molecule has 0 aromatic carbocycles. The molecule has 1 aliphatic carbocycles. The van der Waals surface area contributed by atoms with Crippen molar-refractivity contribution in [2.75, 3.05) is 27.4 Å². The maximum atomic E-state index is 11.7. The first kappa shape index (κ1) is 52.3. The first-order chi connectivity index (χ1) is 31.1. The molecule has 6 saturated heterocycles. The number of aliphatic hydroxyl groups is 2. The fourth-order valence-corrected chi connectivity index (χ4v) is 11.3. The Bertz CT molecular complexity index is 1670. The lowest BCUT2D eigenvalue weighted by atomic mass is 9.67. The molecule has 0 radical (unpaired) electrons. The first-order valence-electron chi connectivity index (χ1n) is 24.6. The highest BCUT2D eigenvalue weighted by molar-refractivity contribution is 5.41. The predicted molar refractivity (Wildman–Crippen MR) is 246 cm³/mol. The Morgan fingerprint density at radius 2 is 1.74 bits per heavy atom. The van der Waals surface area contributed by atoms with E-state index in [9.17, 15) is 15.0 Å². The Balaban J connectivity index is 0.00000269. The van der Waals surface area contributed by atoms with E-state index in [2.05, 4.69) is 58.9 Å². The monoisotopic (exact) mass is 921 g/mol. The van der Waals surface area contributed by atoms with E-state index < -0.39 is 72.8 Å². The molecule has 6 heterocycles. The van der Waals surface area contributed by atoms with Crippen molar-refractivity contribution >= 4 is 6.47 Å². The lowest BCUT2D eigenvalue weighted by Crippen LogP contribution is -2.64. The molecule has 0 aromatic heterocycles. The van der Waals surface area contributed by atoms with Crippen molar-refractivity contribution in [3.63, 3.8) is 0 Å². The van der Waals surface area contributed by atoms with Crippen molar-refractivity contribution in [3.05, 3.63) is 47.1 Å². The summed E-state index contributed by atoms with van der Waals surface area (Å²) in [5, 5.41) is 21.5. The summed E-state index contributed by atoms with van der Waals surface area (Å²) in [5.41, 5.74) is 2.31. The molecule has 6 aliphatic heterocycles. The van der Waals surface area contributed by atoms with Crippen molar-refractivity contribution < 1.29 is 68.5 Å². The highest BCUT2D eigenvalue weighted by Gasteiger charge is 2.63. The average molecular weight is 921 g/mol. The van der Waals surface area contributed by atoms with Gasteiger partial charge in [-0.1, -0.05) is 78.3 Å². The minimum Gasteiger partial charge on any atom is -0.464 e. The zero-order valence-corrected chi connectivity index (χ0v) is 41.2. The maximum absolute atomic E-state index is 11.7. The van der Waals surface area contributed by atoms with Crippen molar-refractivity contribution in [1.82, 2.24) is 0 Å². The van der Waals surface area contributed by atoms with E-state index in [4.69, 9.17) is 52.1 Å². The van der Waals surface area contributed by atoms with Crippen molar-refractivity contribution in [1.29, 1.82) is 0 Å². The SMILES string of the molecule is CC.CC[C@H](C)C1O[C@]2(CC[C@@H]1C)C[C@@H](OC=O)C[C@@H](C/C=C(\C)[C@@H](O[C@H]1C[C@H](OC)[C@@H](O[C@H]3C[C@H](OC)[C@@H](O)[C@H](C)O3)[C@H](C)O1)[C@@H](C)/C=C/C=C1\CO[C@@H]3[C@H](O)C(C)=CC4COC143)O2.[HH]. The van der Waals surface area contributed by atoms with E-state index in [1.54, 1.807) is 14.2 Å². The van der Waals surface area contributed by atoms with Gasteiger partial charge in [-0.25, -0.2) is 0 Å². The number of ether oxygens (including phenoxy) is 11. The third-order valence-electron chi connectivity index (χ3n) is 15.2. The summed E-state index contributed by atoms with van der Waals surface area (Å²) in [6.45, 7) is 22.1. The molecule has 7 aliphatic rings. The summed E-state index contributed by atoms with van der Waals surface area (Å²) in [5.74, 6) is 0.0376. The number of methoxy groups -OCH3 is 2. The van der Waals surface area contributed by atoms with Crippen LogP contribution in [0.5, 0.6) is 0 Å². The molecule has 372 valence electrons. The quantitative estimate of drug-likeness (QED) is 0.116. The van der Waals surface area contributed by atoms with Crippen LogP contribution in [-0.2, 0) is 56.9 Å². The van der Waals surface area contributed by atoms with Crippen LogP contribution in [0.3, 0.4) is 0 Å². The number of hydrogen-bond donors (Lipinski definition) is 2. The molecule has 6 fully saturated rings. The third-order valence-corrected chi connectivity index (χ3v) is 15.2. The van der Waals surface area contributed by atoms with E-state index in [1.165, 1.54) is 0 Å². The zero-order chi connectivity index (χ0) is 47.2. The molecular weight excluding hydrogens is 837 g/mol. The molecule has 2 spiro atoms. The van der Waals surface area contributed by atoms with Crippen LogP contribution in [0.4, 0.5) is 0 Å². The molecular formula is C51H84O14. The van der Waals surface area contributed by atoms with Gasteiger partial charge in [0.25, 0.3) is 6.47 Å². The van der Waals surface area contributed by atoms with Gasteiger partial charge in [0.05, 0.1) is 55.9 Å². The van der Waals surface area contributed by atoms with Gasteiger partial charge in [0.2, 0.25) is 0 Å². The average Bonchev–Trinajstić information content (AvgIpc) is 3.70. The van der Waals surface area contributed by atoms with Gasteiger partial charge in [0, 0.05) is 59.6 Å². The summed E-state index contributed by atoms with van der Waals surface area (Å²) in [6, 6.07) is 0. The molecule has 65 heavy (non-hydrogen) atoms. The van der Waals surface area contributed by atoms with Crippen LogP contribution in [0.25, 0.3) is 0 Å². The summed E-state index contributed by atoms with van der Waals surface area (Å²) < 4.78 is 69.4. The van der Waals surface area contributed by atoms with Crippen LogP contribution in [-0.4, -0.2) is 141 Å². The van der Waals surface area contributed by atoms with E-state index in [-0.39, 0.29) is 37.7 Å². The second-order valence-corrected chi connectivity index (χ2v) is 19.6. The summed E-state index contributed by atoms with van der Waals surface area (Å²) >= 11 is 0. The van der Waals surface area contributed by atoms with Crippen LogP contribution >= 0.6 is 0 Å². The van der Waals surface area contributed by atoms with Crippen molar-refractivity contribution in [2.45, 2.75) is 218 Å². The molecule has 7 rings (SSSR count). The van der Waals surface area contributed by atoms with E-state index in [0.29, 0.717) is 63.6 Å². The van der Waals surface area contributed by atoms with Crippen LogP contribution in [0.2, 0.25) is 0 Å². The fraction of sp³-hybridized carbons (Fsp3) is 0.824. The second kappa shape index (κ2) is 23.0. The largest absolute Gasteiger partial charge is 0.464 e. The number of aliphatic hydroxyl groups excluding tert-OH is 2. The van der Waals surface area contributed by atoms with Gasteiger partial charge in [0.1, 0.15) is 36.1 Å². The molecule has 0 amide bonds. The summed E-state index contributed by atoms with van der Waals surface area (Å²) in [4.78, 5) is 11.7. The van der Waals surface area contributed by atoms with E-state index >= 15 is 0 Å². The Hall–Kier alpha value is -2.05. The third kappa shape index (κ3) is 11.4. The highest BCUT2D eigenvalue weighted by Crippen LogP contribution is 2.53. The van der Waals surface area contributed by atoms with Gasteiger partial charge in [0.15, 0.2) is 18.4 Å². The molecule has 0 saturated carbocycles. The minimum absolute atomic E-state index is 0. The minimum atomic E-state index is -0.808. The normalized spacial score (nSPS) is 44.0. The van der Waals surface area contributed by atoms with Gasteiger partial charge in [-0.3, -0.25) is 4.79 Å². The topological polar surface area (TPSA) is 159 Å². The van der Waals surface area contributed by atoms with Crippen molar-refractivity contribution in [3.8, 4) is 0 Å². The Morgan fingerprint density at radius 3 is 2.42 bits per heavy atom. The van der Waals surface area contributed by atoms with Crippen LogP contribution in [0, 0.1) is 23.7 Å². The standard InChI is InChI=1S/C49H76O14.C2H6.H2/c1-11-27(2)45-30(5)17-18-48(63-45)23-37(56-26-50)20-36(62-48)16-15-29(4)44(28(3)13-12-14-34-24-55-47-42(51)31(6)19-35-25-57-49(34,35)47)60-41-22-39(54-10)46(33(8)59-41)61-40-21-38(53-9)43(52)32(7)58-40;1-2;/h12-15,19,26-28,30,32-33,35-47,51-52H,11,16-18,20-25H2,1-10H3;1-2H3;1H/b13-12+,29-15+,34-14+;;/t27-,28-,30-,32-,33-,35?,36+,37-,38-,39-,40-,41-,42+,43-,44-,45?,46-,47+,48+,49?;;/m0../s1. The van der Waals surface area contributed by atoms with Crippen molar-refractivity contribution in [2.24, 2.45) is 23.7 Å². The van der Waals surface area contributed by atoms with Gasteiger partial charge >= 0.3 is 0 Å². The Kier molecular flexibility index (Phi) is 18.5. The molecule has 2 N–H and O–H groups in total. The Morgan fingerprint density at radius 1 is 1.02 bits per heavy atom. The number of carbonyl (C=O) groups is 1. The van der Waals surface area contributed by atoms with Gasteiger partial charge in [-0.2, -0.15) is 0 Å². The number of allylic oxidation sites excluding steroid dienone is 2. The van der Waals surface area contributed by atoms with Crippen LogP contribution < -0.4 is 0 Å². The van der Waals surface area contributed by atoms with E-state index in [1.807, 2.05) is 40.7 Å². The molecule has 0 aromatic rings. The van der Waals surface area contributed by atoms with Gasteiger partial charge in [-0.15, -0.1) is 0 Å². The molecule has 3 unspecified atom stereocenters. The van der Waals surface area contributed by atoms with Crippen LogP contribution in [0.15, 0.2) is 47.1 Å². The van der Waals surface area contributed by atoms with E-state index in [0.717, 1.165) is 36.0 Å². The van der Waals surface area contributed by atoms with Gasteiger partial charge < -0.3 is 62.3 Å². The second-order valence-electron chi connectivity index (χ2n) is 19.6. The zero-order valence-electron chi connectivity index (χ0n) is 41.2. The lowest BCUT2D eigenvalue weighted by molar-refractivity contribution is -0.340. The lowest BCUT2D eigenvalue weighted by Gasteiger charge is -2.53. The number of carbonyl (C=O) groups excluding carboxylic acids is 1. The number of hydrogen-bond acceptors (Lipinski definition) is 14. The Labute approximate surface area is 390 Å². The van der Waals surface area contributed by atoms with Gasteiger partial charge in [-0.05, 0) is 69.1 Å².